The first kappa shape index (κ1) is 20.2. The van der Waals surface area contributed by atoms with E-state index in [2.05, 4.69) is 105 Å². The minimum absolute atomic E-state index is 0.348. The maximum absolute atomic E-state index is 11.7. The van der Waals surface area contributed by atoms with Gasteiger partial charge in [0.2, 0.25) is 0 Å². The summed E-state index contributed by atoms with van der Waals surface area (Å²) >= 11 is 0. The third-order valence-electron chi connectivity index (χ3n) is 7.13. The summed E-state index contributed by atoms with van der Waals surface area (Å²) in [7, 11) is 0. The van der Waals surface area contributed by atoms with E-state index in [1.807, 2.05) is 0 Å². The van der Waals surface area contributed by atoms with E-state index in [0.29, 0.717) is 23.5 Å². The molecule has 0 spiro atoms. The maximum atomic E-state index is 11.7. The van der Waals surface area contributed by atoms with Gasteiger partial charge in [-0.1, -0.05) is 91.0 Å². The Morgan fingerprint density at radius 3 is 1.48 bits per heavy atom. The van der Waals surface area contributed by atoms with E-state index in [4.69, 9.17) is 4.74 Å². The monoisotopic (exact) mass is 410 g/mol. The molecule has 158 valence electrons. The molecule has 5 rings (SSSR count). The lowest BCUT2D eigenvalue weighted by atomic mass is 9.79. The first-order valence-corrected chi connectivity index (χ1v) is 11.4. The first-order chi connectivity index (χ1) is 15.0. The lowest BCUT2D eigenvalue weighted by molar-refractivity contribution is -0.120. The van der Waals surface area contributed by atoms with Crippen LogP contribution in [0.1, 0.15) is 49.8 Å². The average Bonchev–Trinajstić information content (AvgIpc) is 3.22. The molecule has 3 aromatic rings. The largest absolute Gasteiger partial charge is 0.355 e. The lowest BCUT2D eigenvalue weighted by Gasteiger charge is -2.42. The molecule has 3 aromatic carbocycles. The zero-order chi connectivity index (χ0) is 21.5. The molecular formula is C29H30O2. The molecule has 2 aliphatic carbocycles. The molecule has 0 aliphatic heterocycles. The lowest BCUT2D eigenvalue weighted by Crippen LogP contribution is -2.42. The Morgan fingerprint density at radius 2 is 1.10 bits per heavy atom. The van der Waals surface area contributed by atoms with Crippen LogP contribution in [0.3, 0.4) is 0 Å². The maximum Gasteiger partial charge on any atom is 0.144 e. The molecule has 0 radical (unpaired) electrons. The highest BCUT2D eigenvalue weighted by Crippen LogP contribution is 2.60. The van der Waals surface area contributed by atoms with Crippen LogP contribution in [0.2, 0.25) is 0 Å². The van der Waals surface area contributed by atoms with Crippen LogP contribution >= 0.6 is 0 Å². The van der Waals surface area contributed by atoms with Crippen LogP contribution in [0.4, 0.5) is 0 Å². The van der Waals surface area contributed by atoms with E-state index in [1.165, 1.54) is 0 Å². The molecule has 0 heterocycles. The molecule has 2 fully saturated rings. The third-order valence-corrected chi connectivity index (χ3v) is 7.13. The number of hydrogen-bond acceptors (Lipinski definition) is 2. The van der Waals surface area contributed by atoms with Crippen LogP contribution in [0.15, 0.2) is 91.0 Å². The van der Waals surface area contributed by atoms with E-state index in [0.717, 1.165) is 36.0 Å². The van der Waals surface area contributed by atoms with Gasteiger partial charge in [-0.3, -0.25) is 4.79 Å². The van der Waals surface area contributed by atoms with Gasteiger partial charge in [0.15, 0.2) is 0 Å². The molecule has 2 aliphatic rings. The molecule has 0 N–H and O–H groups in total. The van der Waals surface area contributed by atoms with Crippen molar-refractivity contribution in [3.05, 3.63) is 108 Å². The second-order valence-electron chi connectivity index (χ2n) is 9.78. The quantitative estimate of drug-likeness (QED) is 0.422. The van der Waals surface area contributed by atoms with Crippen molar-refractivity contribution in [3.63, 3.8) is 0 Å². The van der Waals surface area contributed by atoms with Gasteiger partial charge in [-0.2, -0.15) is 0 Å². The van der Waals surface area contributed by atoms with Crippen LogP contribution in [0.5, 0.6) is 0 Å². The normalized spacial score (nSPS) is 22.9. The fourth-order valence-electron chi connectivity index (χ4n) is 5.76. The number of carbonyl (C=O) groups excluding carboxylic acids is 1. The van der Waals surface area contributed by atoms with Crippen LogP contribution < -0.4 is 0 Å². The van der Waals surface area contributed by atoms with Gasteiger partial charge in [-0.25, -0.2) is 0 Å². The second-order valence-corrected chi connectivity index (χ2v) is 9.78. The van der Waals surface area contributed by atoms with E-state index >= 15 is 0 Å². The highest BCUT2D eigenvalue weighted by molar-refractivity contribution is 5.82. The average molecular weight is 411 g/mol. The van der Waals surface area contributed by atoms with E-state index in [-0.39, 0.29) is 5.60 Å². The molecule has 0 amide bonds. The topological polar surface area (TPSA) is 26.3 Å². The molecule has 0 bridgehead atoms. The Labute approximate surface area is 185 Å². The van der Waals surface area contributed by atoms with Gasteiger partial charge in [-0.15, -0.1) is 0 Å². The van der Waals surface area contributed by atoms with Crippen LogP contribution in [0.25, 0.3) is 0 Å². The zero-order valence-corrected chi connectivity index (χ0v) is 18.3. The highest BCUT2D eigenvalue weighted by Gasteiger charge is 2.57. The predicted octanol–water partition coefficient (Wildman–Crippen LogP) is 6.39. The number of carbonyl (C=O) groups is 1. The standard InChI is InChI=1S/C29H30O2/c1-28(2,20-27-25-18-24(30)19-26(25)27)31-29(21-12-6-3-7-13-21,22-14-8-4-9-15-22)23-16-10-5-11-17-23/h3-17,25-27H,18-20H2,1-2H3. The third kappa shape index (κ3) is 3.74. The van der Waals surface area contributed by atoms with Gasteiger partial charge >= 0.3 is 0 Å². The van der Waals surface area contributed by atoms with Crippen LogP contribution in [0, 0.1) is 17.8 Å². The minimum Gasteiger partial charge on any atom is -0.355 e. The zero-order valence-electron chi connectivity index (χ0n) is 18.3. The Hall–Kier alpha value is -2.71. The fourth-order valence-corrected chi connectivity index (χ4v) is 5.76. The summed E-state index contributed by atoms with van der Waals surface area (Å²) in [6, 6.07) is 31.7. The molecular weight excluding hydrogens is 380 g/mol. The summed E-state index contributed by atoms with van der Waals surface area (Å²) in [5.41, 5.74) is 2.34. The predicted molar refractivity (Wildman–Crippen MR) is 124 cm³/mol. The Bertz CT molecular complexity index is 929. The van der Waals surface area contributed by atoms with Crippen molar-refractivity contribution in [2.75, 3.05) is 0 Å². The highest BCUT2D eigenvalue weighted by atomic mass is 16.5. The fraction of sp³-hybridized carbons (Fsp3) is 0.345. The van der Waals surface area contributed by atoms with Gasteiger partial charge in [0, 0.05) is 12.8 Å². The minimum atomic E-state index is -0.701. The molecule has 31 heavy (non-hydrogen) atoms. The van der Waals surface area contributed by atoms with E-state index in [9.17, 15) is 4.79 Å². The van der Waals surface area contributed by atoms with Gasteiger partial charge < -0.3 is 4.74 Å². The van der Waals surface area contributed by atoms with Crippen molar-refractivity contribution >= 4 is 5.78 Å². The molecule has 2 heteroatoms. The van der Waals surface area contributed by atoms with E-state index in [1.54, 1.807) is 0 Å². The summed E-state index contributed by atoms with van der Waals surface area (Å²) in [4.78, 5) is 11.7. The van der Waals surface area contributed by atoms with Gasteiger partial charge in [-0.05, 0) is 54.7 Å². The number of ether oxygens (including phenoxy) is 1. The Kier molecular flexibility index (Phi) is 5.06. The van der Waals surface area contributed by atoms with Crippen molar-refractivity contribution < 1.29 is 9.53 Å². The van der Waals surface area contributed by atoms with Crippen molar-refractivity contribution in [2.24, 2.45) is 17.8 Å². The van der Waals surface area contributed by atoms with Crippen molar-refractivity contribution in [2.45, 2.75) is 44.3 Å². The van der Waals surface area contributed by atoms with E-state index < -0.39 is 5.60 Å². The Balaban J connectivity index is 1.57. The number of hydrogen-bond donors (Lipinski definition) is 0. The number of rotatable bonds is 7. The molecule has 0 saturated heterocycles. The smallest absolute Gasteiger partial charge is 0.144 e. The number of Topliss-reactive ketones (excluding diaryl/α,β-unsaturated/α-hetero) is 1. The van der Waals surface area contributed by atoms with Gasteiger partial charge in [0.25, 0.3) is 0 Å². The Morgan fingerprint density at radius 1 is 0.710 bits per heavy atom. The van der Waals surface area contributed by atoms with Crippen molar-refractivity contribution in [1.29, 1.82) is 0 Å². The first-order valence-electron chi connectivity index (χ1n) is 11.4. The summed E-state index contributed by atoms with van der Waals surface area (Å²) in [6.07, 6.45) is 2.52. The van der Waals surface area contributed by atoms with Gasteiger partial charge in [0.1, 0.15) is 11.4 Å². The van der Waals surface area contributed by atoms with Crippen molar-refractivity contribution in [1.82, 2.24) is 0 Å². The van der Waals surface area contributed by atoms with Crippen LogP contribution in [-0.2, 0) is 15.1 Å². The molecule has 2 atom stereocenters. The summed E-state index contributed by atoms with van der Waals surface area (Å²) < 4.78 is 7.24. The molecule has 2 saturated carbocycles. The summed E-state index contributed by atoms with van der Waals surface area (Å²) in [6.45, 7) is 4.43. The molecule has 2 nitrogen and oxygen atoms in total. The second kappa shape index (κ2) is 7.76. The van der Waals surface area contributed by atoms with Crippen LogP contribution in [-0.4, -0.2) is 11.4 Å². The summed E-state index contributed by atoms with van der Waals surface area (Å²) in [5.74, 6) is 2.20. The van der Waals surface area contributed by atoms with Gasteiger partial charge in [0.05, 0.1) is 5.60 Å². The number of ketones is 1. The van der Waals surface area contributed by atoms with Crippen molar-refractivity contribution in [3.8, 4) is 0 Å². The molecule has 0 aromatic heterocycles. The number of fused-ring (bicyclic) bond motifs is 1. The number of benzene rings is 3. The SMILES string of the molecule is CC(C)(CC1C2CC(=O)CC21)OC(c1ccccc1)(c1ccccc1)c1ccccc1. The summed E-state index contributed by atoms with van der Waals surface area (Å²) in [5, 5.41) is 0. The molecule has 2 unspecified atom stereocenters.